The van der Waals surface area contributed by atoms with Crippen LogP contribution in [0.2, 0.25) is 0 Å². The van der Waals surface area contributed by atoms with E-state index in [2.05, 4.69) is 10.6 Å². The normalized spacial score (nSPS) is 10.2. The standard InChI is InChI=1S/C17H33N3O5/c1-4-16(22)20(11-13-24-3)12-14-25-17(23)19-10-8-6-5-7-9-18-15(2)21/h4-14H2,1-3H3,(H,18,21)(H,19,23). The van der Waals surface area contributed by atoms with E-state index >= 15 is 0 Å². The number of amides is 3. The van der Waals surface area contributed by atoms with Crippen molar-refractivity contribution >= 4 is 17.9 Å². The molecular formula is C17H33N3O5. The second-order valence-electron chi connectivity index (χ2n) is 5.69. The van der Waals surface area contributed by atoms with Gasteiger partial charge in [-0.1, -0.05) is 19.8 Å². The van der Waals surface area contributed by atoms with Crippen LogP contribution in [0.3, 0.4) is 0 Å². The van der Waals surface area contributed by atoms with E-state index in [1.165, 1.54) is 6.92 Å². The lowest BCUT2D eigenvalue weighted by atomic mass is 10.2. The first-order valence-electron chi connectivity index (χ1n) is 8.93. The number of unbranched alkanes of at least 4 members (excludes halogenated alkanes) is 3. The highest BCUT2D eigenvalue weighted by atomic mass is 16.5. The van der Waals surface area contributed by atoms with Crippen LogP contribution in [0.25, 0.3) is 0 Å². The largest absolute Gasteiger partial charge is 0.448 e. The van der Waals surface area contributed by atoms with Crippen LogP contribution in [0.5, 0.6) is 0 Å². The van der Waals surface area contributed by atoms with Gasteiger partial charge in [-0.15, -0.1) is 0 Å². The lowest BCUT2D eigenvalue weighted by Gasteiger charge is -2.21. The summed E-state index contributed by atoms with van der Waals surface area (Å²) in [7, 11) is 1.58. The molecule has 0 aromatic rings. The highest BCUT2D eigenvalue weighted by Gasteiger charge is 2.11. The molecular weight excluding hydrogens is 326 g/mol. The van der Waals surface area contributed by atoms with Gasteiger partial charge < -0.3 is 25.0 Å². The smallest absolute Gasteiger partial charge is 0.407 e. The van der Waals surface area contributed by atoms with Crippen molar-refractivity contribution in [1.29, 1.82) is 0 Å². The number of nitrogens with zero attached hydrogens (tertiary/aromatic N) is 1. The van der Waals surface area contributed by atoms with E-state index in [4.69, 9.17) is 9.47 Å². The Kier molecular flexibility index (Phi) is 14.5. The Morgan fingerprint density at radius 1 is 0.920 bits per heavy atom. The van der Waals surface area contributed by atoms with Crippen LogP contribution >= 0.6 is 0 Å². The Morgan fingerprint density at radius 2 is 1.52 bits per heavy atom. The third kappa shape index (κ3) is 14.2. The van der Waals surface area contributed by atoms with E-state index in [0.717, 1.165) is 25.7 Å². The number of hydrogen-bond acceptors (Lipinski definition) is 5. The zero-order chi connectivity index (χ0) is 18.9. The molecule has 8 heteroatoms. The number of methoxy groups -OCH3 is 1. The third-order valence-corrected chi connectivity index (χ3v) is 3.56. The van der Waals surface area contributed by atoms with Crippen molar-refractivity contribution in [1.82, 2.24) is 15.5 Å². The van der Waals surface area contributed by atoms with Gasteiger partial charge in [0.05, 0.1) is 13.2 Å². The Balaban J connectivity index is 3.65. The summed E-state index contributed by atoms with van der Waals surface area (Å²) in [6.07, 6.45) is 3.74. The number of ether oxygens (including phenoxy) is 2. The molecule has 2 N–H and O–H groups in total. The molecule has 0 atom stereocenters. The molecule has 0 saturated carbocycles. The van der Waals surface area contributed by atoms with E-state index in [0.29, 0.717) is 39.2 Å². The average molecular weight is 359 g/mol. The minimum absolute atomic E-state index is 0.00849. The molecule has 0 unspecified atom stereocenters. The average Bonchev–Trinajstić information content (AvgIpc) is 2.59. The summed E-state index contributed by atoms with van der Waals surface area (Å²) in [6, 6.07) is 0. The van der Waals surface area contributed by atoms with Crippen molar-refractivity contribution in [2.24, 2.45) is 0 Å². The van der Waals surface area contributed by atoms with Crippen LogP contribution in [0.15, 0.2) is 0 Å². The summed E-state index contributed by atoms with van der Waals surface area (Å²) in [5.41, 5.74) is 0. The molecule has 0 aliphatic heterocycles. The second kappa shape index (κ2) is 15.7. The van der Waals surface area contributed by atoms with Crippen LogP contribution < -0.4 is 10.6 Å². The lowest BCUT2D eigenvalue weighted by Crippen LogP contribution is -2.37. The van der Waals surface area contributed by atoms with Gasteiger partial charge in [-0.3, -0.25) is 9.59 Å². The maximum Gasteiger partial charge on any atom is 0.407 e. The minimum atomic E-state index is -0.464. The molecule has 0 radical (unpaired) electrons. The van der Waals surface area contributed by atoms with Gasteiger partial charge >= 0.3 is 6.09 Å². The molecule has 146 valence electrons. The highest BCUT2D eigenvalue weighted by Crippen LogP contribution is 1.98. The van der Waals surface area contributed by atoms with Gasteiger partial charge in [0.25, 0.3) is 0 Å². The predicted octanol–water partition coefficient (Wildman–Crippen LogP) is 1.29. The van der Waals surface area contributed by atoms with Gasteiger partial charge in [0.15, 0.2) is 0 Å². The zero-order valence-corrected chi connectivity index (χ0v) is 15.8. The van der Waals surface area contributed by atoms with E-state index in [1.54, 1.807) is 18.9 Å². The Hall–Kier alpha value is -1.83. The van der Waals surface area contributed by atoms with Crippen molar-refractivity contribution in [2.45, 2.75) is 46.0 Å². The van der Waals surface area contributed by atoms with E-state index in [9.17, 15) is 14.4 Å². The van der Waals surface area contributed by atoms with Crippen LogP contribution in [0.4, 0.5) is 4.79 Å². The molecule has 25 heavy (non-hydrogen) atoms. The van der Waals surface area contributed by atoms with Gasteiger partial charge in [-0.2, -0.15) is 0 Å². The second-order valence-corrected chi connectivity index (χ2v) is 5.69. The zero-order valence-electron chi connectivity index (χ0n) is 15.8. The molecule has 0 spiro atoms. The Bertz CT molecular complexity index is 390. The van der Waals surface area contributed by atoms with Crippen molar-refractivity contribution in [3.05, 3.63) is 0 Å². The molecule has 8 nitrogen and oxygen atoms in total. The van der Waals surface area contributed by atoms with Crippen LogP contribution in [-0.4, -0.2) is 69.3 Å². The predicted molar refractivity (Wildman–Crippen MR) is 95.2 cm³/mol. The molecule has 0 heterocycles. The highest BCUT2D eigenvalue weighted by molar-refractivity contribution is 5.75. The van der Waals surface area contributed by atoms with E-state index in [-0.39, 0.29) is 18.4 Å². The number of hydrogen-bond donors (Lipinski definition) is 2. The van der Waals surface area contributed by atoms with Gasteiger partial charge in [0.2, 0.25) is 11.8 Å². The van der Waals surface area contributed by atoms with Crippen molar-refractivity contribution in [2.75, 3.05) is 46.5 Å². The number of rotatable bonds is 14. The summed E-state index contributed by atoms with van der Waals surface area (Å²) in [6.45, 7) is 6.04. The fraction of sp³-hybridized carbons (Fsp3) is 0.824. The van der Waals surface area contributed by atoms with Gasteiger partial charge in [-0.25, -0.2) is 4.79 Å². The van der Waals surface area contributed by atoms with Crippen molar-refractivity contribution in [3.63, 3.8) is 0 Å². The van der Waals surface area contributed by atoms with Crippen LogP contribution in [0, 0.1) is 0 Å². The topological polar surface area (TPSA) is 97.0 Å². The molecule has 0 aromatic carbocycles. The number of carbonyl (C=O) groups is 3. The number of alkyl carbamates (subject to hydrolysis) is 1. The summed E-state index contributed by atoms with van der Waals surface area (Å²) < 4.78 is 10.1. The first kappa shape index (κ1) is 23.2. The number of nitrogens with one attached hydrogen (secondary N) is 2. The van der Waals surface area contributed by atoms with E-state index in [1.807, 2.05) is 0 Å². The van der Waals surface area contributed by atoms with Crippen molar-refractivity contribution < 1.29 is 23.9 Å². The van der Waals surface area contributed by atoms with Crippen molar-refractivity contribution in [3.8, 4) is 0 Å². The summed E-state index contributed by atoms with van der Waals surface area (Å²) in [5, 5.41) is 5.44. The van der Waals surface area contributed by atoms with E-state index < -0.39 is 6.09 Å². The Labute approximate surface area is 150 Å². The van der Waals surface area contributed by atoms with Gasteiger partial charge in [-0.05, 0) is 12.8 Å². The quantitative estimate of drug-likeness (QED) is 0.456. The summed E-state index contributed by atoms with van der Waals surface area (Å²) >= 11 is 0. The molecule has 0 rings (SSSR count). The molecule has 3 amide bonds. The monoisotopic (exact) mass is 359 g/mol. The van der Waals surface area contributed by atoms with Gasteiger partial charge in [0.1, 0.15) is 6.61 Å². The molecule has 0 saturated heterocycles. The minimum Gasteiger partial charge on any atom is -0.448 e. The maximum atomic E-state index is 11.7. The first-order valence-corrected chi connectivity index (χ1v) is 8.93. The van der Waals surface area contributed by atoms with Crippen LogP contribution in [0.1, 0.15) is 46.0 Å². The SMILES string of the molecule is CCC(=O)N(CCOC)CCOC(=O)NCCCCCCNC(C)=O. The molecule has 0 aliphatic rings. The molecule has 0 aromatic heterocycles. The number of carbonyl (C=O) groups excluding carboxylic acids is 3. The third-order valence-electron chi connectivity index (χ3n) is 3.56. The fourth-order valence-corrected chi connectivity index (χ4v) is 2.14. The molecule has 0 aliphatic carbocycles. The fourth-order valence-electron chi connectivity index (χ4n) is 2.14. The van der Waals surface area contributed by atoms with Crippen LogP contribution in [-0.2, 0) is 19.1 Å². The summed E-state index contributed by atoms with van der Waals surface area (Å²) in [4.78, 5) is 35.6. The Morgan fingerprint density at radius 3 is 2.08 bits per heavy atom. The molecule has 0 fully saturated rings. The lowest BCUT2D eigenvalue weighted by molar-refractivity contribution is -0.132. The van der Waals surface area contributed by atoms with Gasteiger partial charge in [0, 0.05) is 40.1 Å². The first-order chi connectivity index (χ1) is 12.0. The maximum absolute atomic E-state index is 11.7. The molecule has 0 bridgehead atoms. The summed E-state index contributed by atoms with van der Waals surface area (Å²) in [5.74, 6) is 0.00570.